The lowest BCUT2D eigenvalue weighted by atomic mass is 10.1. The number of benzene rings is 2. The van der Waals surface area contributed by atoms with E-state index in [1.54, 1.807) is 38.1 Å². The Hall–Kier alpha value is -2.74. The molecule has 2 aromatic carbocycles. The molecule has 0 aliphatic carbocycles. The van der Waals surface area contributed by atoms with Crippen LogP contribution in [0, 0.1) is 40.9 Å². The van der Waals surface area contributed by atoms with Gasteiger partial charge in [-0.1, -0.05) is 42.3 Å². The van der Waals surface area contributed by atoms with Crippen molar-refractivity contribution in [2.45, 2.75) is 40.5 Å². The molecule has 0 fully saturated rings. The van der Waals surface area contributed by atoms with Crippen LogP contribution in [0.3, 0.4) is 0 Å². The summed E-state index contributed by atoms with van der Waals surface area (Å²) < 4.78 is 5.34. The van der Waals surface area contributed by atoms with Crippen molar-refractivity contribution in [2.24, 2.45) is 0 Å². The van der Waals surface area contributed by atoms with Crippen LogP contribution in [0.4, 0.5) is 0 Å². The van der Waals surface area contributed by atoms with E-state index < -0.39 is 11.9 Å². The molecule has 0 saturated heterocycles. The second kappa shape index (κ2) is 12.2. The summed E-state index contributed by atoms with van der Waals surface area (Å²) in [5, 5.41) is 0. The fourth-order valence-corrected chi connectivity index (χ4v) is 2.80. The Morgan fingerprint density at radius 3 is 1.65 bits per heavy atom. The lowest BCUT2D eigenvalue weighted by Gasteiger charge is -2.14. The van der Waals surface area contributed by atoms with Crippen molar-refractivity contribution >= 4 is 11.9 Å². The summed E-state index contributed by atoms with van der Waals surface area (Å²) >= 11 is 0. The van der Waals surface area contributed by atoms with Crippen molar-refractivity contribution in [2.75, 3.05) is 13.2 Å². The molecule has 0 aliphatic heterocycles. The zero-order chi connectivity index (χ0) is 22.8. The van der Waals surface area contributed by atoms with E-state index >= 15 is 0 Å². The molecule has 0 bridgehead atoms. The maximum Gasteiger partial charge on any atom is 0.373 e. The maximum absolute atomic E-state index is 12.3. The van der Waals surface area contributed by atoms with Crippen molar-refractivity contribution in [3.05, 3.63) is 83.0 Å². The molecule has 0 amide bonds. The van der Waals surface area contributed by atoms with Crippen LogP contribution < -0.4 is 0 Å². The smallest absolute Gasteiger partial charge is 0.373 e. The standard InChI is InChI=1S/C24H28O7/c1-6-12-27-13-11-22(28-30-23(25)20-9-7-16(2)14-18(20)4)29-31-24(26)21-10-8-17(3)15-19(21)5/h7-10,14-15H,1,6,11-13H2,2-5H3. The zero-order valence-electron chi connectivity index (χ0n) is 18.4. The lowest BCUT2D eigenvalue weighted by Crippen LogP contribution is -2.18. The normalized spacial score (nSPS) is 10.9. The first-order valence-corrected chi connectivity index (χ1v) is 9.97. The third-order valence-electron chi connectivity index (χ3n) is 4.36. The predicted octanol–water partition coefficient (Wildman–Crippen LogP) is 4.92. The van der Waals surface area contributed by atoms with Gasteiger partial charge in [-0.25, -0.2) is 9.59 Å². The molecule has 0 N–H and O–H groups in total. The number of aryl methyl sites for hydroxylation is 4. The Bertz CT molecular complexity index is 824. The van der Waals surface area contributed by atoms with E-state index in [0.29, 0.717) is 24.2 Å². The summed E-state index contributed by atoms with van der Waals surface area (Å²) in [4.78, 5) is 44.5. The van der Waals surface area contributed by atoms with E-state index in [1.165, 1.54) is 0 Å². The van der Waals surface area contributed by atoms with Gasteiger partial charge in [-0.05, 0) is 57.4 Å². The summed E-state index contributed by atoms with van der Waals surface area (Å²) in [6.07, 6.45) is 0.459. The van der Waals surface area contributed by atoms with Crippen molar-refractivity contribution in [1.29, 1.82) is 0 Å². The summed E-state index contributed by atoms with van der Waals surface area (Å²) in [7, 11) is 0. The molecule has 7 heteroatoms. The second-order valence-corrected chi connectivity index (χ2v) is 7.13. The quantitative estimate of drug-likeness (QED) is 0.285. The van der Waals surface area contributed by atoms with Gasteiger partial charge >= 0.3 is 18.2 Å². The van der Waals surface area contributed by atoms with Gasteiger partial charge in [0.1, 0.15) is 0 Å². The van der Waals surface area contributed by atoms with Crippen molar-refractivity contribution in [1.82, 2.24) is 0 Å². The molecule has 2 aromatic rings. The largest absolute Gasteiger partial charge is 0.381 e. The SMILES string of the molecule is [CH2]CCOCC[C](OOC(=O)c1ccc(C)cc1C)OOC(=O)c1ccc(C)cc1C. The van der Waals surface area contributed by atoms with Gasteiger partial charge in [-0.2, -0.15) is 0 Å². The molecular weight excluding hydrogens is 400 g/mol. The molecule has 0 atom stereocenters. The van der Waals surface area contributed by atoms with E-state index in [-0.39, 0.29) is 19.3 Å². The van der Waals surface area contributed by atoms with Gasteiger partial charge in [-0.15, -0.1) is 9.78 Å². The molecule has 31 heavy (non-hydrogen) atoms. The highest BCUT2D eigenvalue weighted by atomic mass is 17.3. The van der Waals surface area contributed by atoms with Gasteiger partial charge in [0.05, 0.1) is 17.7 Å². The monoisotopic (exact) mass is 428 g/mol. The zero-order valence-corrected chi connectivity index (χ0v) is 18.4. The van der Waals surface area contributed by atoms with Crippen LogP contribution in [-0.2, 0) is 24.3 Å². The first-order valence-electron chi connectivity index (χ1n) is 9.97. The minimum absolute atomic E-state index is 0.0837. The van der Waals surface area contributed by atoms with Crippen LogP contribution in [0.1, 0.15) is 55.8 Å². The van der Waals surface area contributed by atoms with Gasteiger partial charge in [0.25, 0.3) is 0 Å². The Morgan fingerprint density at radius 1 is 0.742 bits per heavy atom. The fraction of sp³-hybridized carbons (Fsp3) is 0.333. The van der Waals surface area contributed by atoms with Gasteiger partial charge < -0.3 is 4.74 Å². The molecule has 0 spiro atoms. The van der Waals surface area contributed by atoms with Crippen LogP contribution in [0.2, 0.25) is 0 Å². The molecule has 2 radical (unpaired) electrons. The average molecular weight is 428 g/mol. The Labute approximate surface area is 183 Å². The van der Waals surface area contributed by atoms with Gasteiger partial charge in [0.2, 0.25) is 0 Å². The van der Waals surface area contributed by atoms with E-state index in [1.807, 2.05) is 26.0 Å². The highest BCUT2D eigenvalue weighted by Gasteiger charge is 2.23. The van der Waals surface area contributed by atoms with E-state index in [0.717, 1.165) is 22.3 Å². The number of carbonyl (C=O) groups excluding carboxylic acids is 2. The number of hydrogen-bond donors (Lipinski definition) is 0. The minimum Gasteiger partial charge on any atom is -0.381 e. The molecule has 0 unspecified atom stereocenters. The van der Waals surface area contributed by atoms with Crippen LogP contribution in [0.15, 0.2) is 36.4 Å². The number of hydrogen-bond acceptors (Lipinski definition) is 7. The topological polar surface area (TPSA) is 80.3 Å². The van der Waals surface area contributed by atoms with Crippen LogP contribution >= 0.6 is 0 Å². The third-order valence-corrected chi connectivity index (χ3v) is 4.36. The molecule has 2 rings (SSSR count). The summed E-state index contributed by atoms with van der Waals surface area (Å²) in [6, 6.07) is 10.6. The minimum atomic E-state index is -0.696. The van der Waals surface area contributed by atoms with Gasteiger partial charge in [0, 0.05) is 13.0 Å². The Morgan fingerprint density at radius 2 is 1.23 bits per heavy atom. The van der Waals surface area contributed by atoms with Crippen LogP contribution in [-0.4, -0.2) is 25.2 Å². The number of rotatable bonds is 11. The first kappa shape index (κ1) is 24.5. The fourth-order valence-electron chi connectivity index (χ4n) is 2.80. The van der Waals surface area contributed by atoms with Crippen molar-refractivity contribution in [3.63, 3.8) is 0 Å². The van der Waals surface area contributed by atoms with Crippen LogP contribution in [0.5, 0.6) is 0 Å². The molecule has 0 aliphatic rings. The summed E-state index contributed by atoms with van der Waals surface area (Å²) in [5.41, 5.74) is 4.24. The average Bonchev–Trinajstić information content (AvgIpc) is 2.72. The summed E-state index contributed by atoms with van der Waals surface area (Å²) in [6.45, 7) is 11.8. The van der Waals surface area contributed by atoms with E-state index in [4.69, 9.17) is 24.3 Å². The molecule has 166 valence electrons. The number of ether oxygens (including phenoxy) is 1. The van der Waals surface area contributed by atoms with Gasteiger partial charge in [-0.3, -0.25) is 9.78 Å². The maximum atomic E-state index is 12.3. The lowest BCUT2D eigenvalue weighted by molar-refractivity contribution is -0.364. The highest BCUT2D eigenvalue weighted by molar-refractivity contribution is 5.91. The first-order chi connectivity index (χ1) is 14.8. The molecule has 0 aromatic heterocycles. The molecular formula is C24H28O7. The predicted molar refractivity (Wildman–Crippen MR) is 113 cm³/mol. The van der Waals surface area contributed by atoms with Crippen molar-refractivity contribution < 1.29 is 33.9 Å². The Kier molecular flexibility index (Phi) is 9.65. The third kappa shape index (κ3) is 7.79. The van der Waals surface area contributed by atoms with E-state index in [2.05, 4.69) is 6.92 Å². The second-order valence-electron chi connectivity index (χ2n) is 7.13. The number of carbonyl (C=O) groups is 2. The van der Waals surface area contributed by atoms with E-state index in [9.17, 15) is 9.59 Å². The highest BCUT2D eigenvalue weighted by Crippen LogP contribution is 2.18. The van der Waals surface area contributed by atoms with Crippen molar-refractivity contribution in [3.8, 4) is 0 Å². The van der Waals surface area contributed by atoms with Gasteiger partial charge in [0.15, 0.2) is 0 Å². The molecule has 0 heterocycles. The van der Waals surface area contributed by atoms with Crippen LogP contribution in [0.25, 0.3) is 0 Å². The summed E-state index contributed by atoms with van der Waals surface area (Å²) in [5.74, 6) is -1.39. The molecule has 0 saturated carbocycles. The Balaban J connectivity index is 1.97. The molecule has 7 nitrogen and oxygen atoms in total.